The summed E-state index contributed by atoms with van der Waals surface area (Å²) in [6, 6.07) is 5.14. The Morgan fingerprint density at radius 1 is 1.35 bits per heavy atom. The number of nitrogens with one attached hydrogen (secondary N) is 2. The van der Waals surface area contributed by atoms with Gasteiger partial charge in [0.25, 0.3) is 0 Å². The molecule has 0 aliphatic heterocycles. The molecule has 1 aliphatic carbocycles. The van der Waals surface area contributed by atoms with Crippen molar-refractivity contribution in [3.63, 3.8) is 0 Å². The van der Waals surface area contributed by atoms with Crippen LogP contribution in [0.15, 0.2) is 18.2 Å². The molecule has 1 fully saturated rings. The molecule has 1 aromatic rings. The van der Waals surface area contributed by atoms with Crippen molar-refractivity contribution in [3.8, 4) is 0 Å². The van der Waals surface area contributed by atoms with Crippen molar-refractivity contribution >= 4 is 29.9 Å². The van der Waals surface area contributed by atoms with Gasteiger partial charge < -0.3 is 16.4 Å². The summed E-state index contributed by atoms with van der Waals surface area (Å²) in [4.78, 5) is 22.9. The first kappa shape index (κ1) is 16.5. The highest BCUT2D eigenvalue weighted by Gasteiger charge is 2.20. The van der Waals surface area contributed by atoms with Crippen LogP contribution < -0.4 is 16.4 Å². The Kier molecular flexibility index (Phi) is 5.98. The molecule has 0 spiro atoms. The van der Waals surface area contributed by atoms with Gasteiger partial charge in [-0.3, -0.25) is 9.59 Å². The van der Waals surface area contributed by atoms with E-state index in [0.717, 1.165) is 18.0 Å². The van der Waals surface area contributed by atoms with Crippen molar-refractivity contribution in [2.45, 2.75) is 19.8 Å². The number of benzene rings is 1. The summed E-state index contributed by atoms with van der Waals surface area (Å²) in [5.41, 5.74) is 7.10. The summed E-state index contributed by atoms with van der Waals surface area (Å²) in [7, 11) is 0. The number of carbonyl (C=O) groups is 2. The number of primary amides is 1. The zero-order valence-corrected chi connectivity index (χ0v) is 12.3. The number of anilines is 1. The van der Waals surface area contributed by atoms with Gasteiger partial charge in [0.15, 0.2) is 0 Å². The van der Waals surface area contributed by atoms with Crippen molar-refractivity contribution in [1.29, 1.82) is 0 Å². The van der Waals surface area contributed by atoms with E-state index in [-0.39, 0.29) is 24.9 Å². The van der Waals surface area contributed by atoms with E-state index in [2.05, 4.69) is 10.6 Å². The molecule has 1 aromatic carbocycles. The maximum atomic E-state index is 11.7. The predicted octanol–water partition coefficient (Wildman–Crippen LogP) is 1.45. The summed E-state index contributed by atoms with van der Waals surface area (Å²) >= 11 is 0. The summed E-state index contributed by atoms with van der Waals surface area (Å²) in [5.74, 6) is 0.147. The molecule has 4 N–H and O–H groups in total. The molecule has 20 heavy (non-hydrogen) atoms. The minimum atomic E-state index is -0.486. The van der Waals surface area contributed by atoms with E-state index >= 15 is 0 Å². The molecule has 0 atom stereocenters. The topological polar surface area (TPSA) is 84.2 Å². The van der Waals surface area contributed by atoms with Gasteiger partial charge >= 0.3 is 0 Å². The molecular weight excluding hydrogens is 278 g/mol. The third kappa shape index (κ3) is 4.83. The average molecular weight is 298 g/mol. The Hall–Kier alpha value is -1.59. The number of rotatable bonds is 6. The molecule has 0 bridgehead atoms. The van der Waals surface area contributed by atoms with Gasteiger partial charge in [-0.15, -0.1) is 12.4 Å². The van der Waals surface area contributed by atoms with Crippen LogP contribution in [0.2, 0.25) is 0 Å². The quantitative estimate of drug-likeness (QED) is 0.743. The van der Waals surface area contributed by atoms with Crippen LogP contribution in [-0.4, -0.2) is 24.9 Å². The fourth-order valence-electron chi connectivity index (χ4n) is 1.88. The maximum absolute atomic E-state index is 11.7. The predicted molar refractivity (Wildman–Crippen MR) is 81.2 cm³/mol. The van der Waals surface area contributed by atoms with E-state index < -0.39 is 5.91 Å². The van der Waals surface area contributed by atoms with E-state index in [0.29, 0.717) is 11.3 Å². The van der Waals surface area contributed by atoms with Crippen molar-refractivity contribution < 1.29 is 9.59 Å². The molecule has 5 nitrogen and oxygen atoms in total. The van der Waals surface area contributed by atoms with Gasteiger partial charge in [-0.25, -0.2) is 0 Å². The summed E-state index contributed by atoms with van der Waals surface area (Å²) < 4.78 is 0. The minimum Gasteiger partial charge on any atom is -0.366 e. The van der Waals surface area contributed by atoms with Crippen LogP contribution in [0.1, 0.15) is 28.8 Å². The molecule has 1 aliphatic rings. The lowest BCUT2D eigenvalue weighted by atomic mass is 10.1. The molecule has 0 saturated heterocycles. The number of nitrogens with two attached hydrogens (primary N) is 1. The average Bonchev–Trinajstić information content (AvgIpc) is 3.15. The summed E-state index contributed by atoms with van der Waals surface area (Å²) in [5, 5.41) is 5.86. The molecular formula is C14H20ClN3O2. The second-order valence-electron chi connectivity index (χ2n) is 5.02. The van der Waals surface area contributed by atoms with Gasteiger partial charge in [0.2, 0.25) is 11.8 Å². The van der Waals surface area contributed by atoms with Gasteiger partial charge in [-0.1, -0.05) is 6.07 Å². The van der Waals surface area contributed by atoms with Crippen molar-refractivity contribution in [2.75, 3.05) is 18.4 Å². The highest BCUT2D eigenvalue weighted by molar-refractivity contribution is 5.97. The Morgan fingerprint density at radius 2 is 2.05 bits per heavy atom. The van der Waals surface area contributed by atoms with Gasteiger partial charge in [0, 0.05) is 11.3 Å². The molecule has 2 rings (SSSR count). The van der Waals surface area contributed by atoms with Crippen LogP contribution in [0, 0.1) is 12.8 Å². The third-order valence-corrected chi connectivity index (χ3v) is 3.20. The molecule has 0 radical (unpaired) electrons. The number of aryl methyl sites for hydroxylation is 1. The van der Waals surface area contributed by atoms with E-state index in [1.807, 2.05) is 6.92 Å². The Balaban J connectivity index is 0.00000200. The van der Waals surface area contributed by atoms with Gasteiger partial charge in [0.1, 0.15) is 0 Å². The SMILES string of the molecule is Cc1ccc(NC(=O)CNCC2CC2)cc1C(N)=O.Cl. The summed E-state index contributed by atoms with van der Waals surface area (Å²) in [6.45, 7) is 2.99. The number of amides is 2. The Bertz CT molecular complexity index is 501. The van der Waals surface area contributed by atoms with Crippen LogP contribution in [0.5, 0.6) is 0 Å². The molecule has 0 aromatic heterocycles. The van der Waals surface area contributed by atoms with E-state index in [1.54, 1.807) is 18.2 Å². The summed E-state index contributed by atoms with van der Waals surface area (Å²) in [6.07, 6.45) is 2.52. The Labute approximate surface area is 124 Å². The largest absolute Gasteiger partial charge is 0.366 e. The first-order valence-electron chi connectivity index (χ1n) is 6.47. The number of carbonyl (C=O) groups excluding carboxylic acids is 2. The first-order valence-corrected chi connectivity index (χ1v) is 6.47. The highest BCUT2D eigenvalue weighted by atomic mass is 35.5. The molecule has 110 valence electrons. The fraction of sp³-hybridized carbons (Fsp3) is 0.429. The fourth-order valence-corrected chi connectivity index (χ4v) is 1.88. The molecule has 0 heterocycles. The smallest absolute Gasteiger partial charge is 0.249 e. The van der Waals surface area contributed by atoms with Crippen molar-refractivity contribution in [2.24, 2.45) is 11.7 Å². The second kappa shape index (κ2) is 7.26. The lowest BCUT2D eigenvalue weighted by molar-refractivity contribution is -0.115. The molecule has 2 amide bonds. The zero-order valence-electron chi connectivity index (χ0n) is 11.4. The van der Waals surface area contributed by atoms with Crippen LogP contribution in [0.4, 0.5) is 5.69 Å². The number of halogens is 1. The lowest BCUT2D eigenvalue weighted by Gasteiger charge is -2.09. The number of hydrogen-bond acceptors (Lipinski definition) is 3. The van der Waals surface area contributed by atoms with Crippen molar-refractivity contribution in [1.82, 2.24) is 5.32 Å². The van der Waals surface area contributed by atoms with E-state index in [1.165, 1.54) is 12.8 Å². The second-order valence-corrected chi connectivity index (χ2v) is 5.02. The lowest BCUT2D eigenvalue weighted by Crippen LogP contribution is -2.29. The van der Waals surface area contributed by atoms with Crippen molar-refractivity contribution in [3.05, 3.63) is 29.3 Å². The van der Waals surface area contributed by atoms with Crippen LogP contribution in [0.3, 0.4) is 0 Å². The minimum absolute atomic E-state index is 0. The molecule has 0 unspecified atom stereocenters. The van der Waals surface area contributed by atoms with Gasteiger partial charge in [-0.2, -0.15) is 0 Å². The van der Waals surface area contributed by atoms with Gasteiger partial charge in [-0.05, 0) is 49.9 Å². The third-order valence-electron chi connectivity index (χ3n) is 3.20. The molecule has 6 heteroatoms. The van der Waals surface area contributed by atoms with Gasteiger partial charge in [0.05, 0.1) is 6.54 Å². The highest BCUT2D eigenvalue weighted by Crippen LogP contribution is 2.27. The van der Waals surface area contributed by atoms with Crippen LogP contribution >= 0.6 is 12.4 Å². The van der Waals surface area contributed by atoms with E-state index in [9.17, 15) is 9.59 Å². The zero-order chi connectivity index (χ0) is 13.8. The van der Waals surface area contributed by atoms with Crippen LogP contribution in [-0.2, 0) is 4.79 Å². The standard InChI is InChI=1S/C14H19N3O2.ClH/c1-9-2-5-11(6-12(9)14(15)19)17-13(18)8-16-7-10-3-4-10;/h2,5-6,10,16H,3-4,7-8H2,1H3,(H2,15,19)(H,17,18);1H. The maximum Gasteiger partial charge on any atom is 0.249 e. The number of hydrogen-bond donors (Lipinski definition) is 3. The normalized spacial score (nSPS) is 13.4. The van der Waals surface area contributed by atoms with E-state index in [4.69, 9.17) is 5.73 Å². The first-order chi connectivity index (χ1) is 9.06. The monoisotopic (exact) mass is 297 g/mol. The Morgan fingerprint density at radius 3 is 2.65 bits per heavy atom. The molecule has 1 saturated carbocycles. The van der Waals surface area contributed by atoms with Crippen LogP contribution in [0.25, 0.3) is 0 Å².